The molecule has 2 N–H and O–H groups in total. The van der Waals surface area contributed by atoms with Crippen molar-refractivity contribution >= 4 is 28.4 Å². The number of carbonyl (C=O) groups excluding carboxylic acids is 1. The van der Waals surface area contributed by atoms with Gasteiger partial charge in [0.25, 0.3) is 0 Å². The molecule has 0 atom stereocenters. The molecule has 4 rings (SSSR count). The minimum absolute atomic E-state index is 0.0654. The molecule has 0 saturated carbocycles. The zero-order valence-electron chi connectivity index (χ0n) is 13.9. The average Bonchev–Trinajstić information content (AvgIpc) is 2.61. The number of Topliss-reactive ketones (excluding diaryl/α,β-unsaturated/α-hetero) is 1. The number of nitrogens with two attached hydrogens (primary N) is 1. The predicted molar refractivity (Wildman–Crippen MR) is 96.6 cm³/mol. The average molecular weight is 333 g/mol. The van der Waals surface area contributed by atoms with Gasteiger partial charge in [0.15, 0.2) is 11.5 Å². The van der Waals surface area contributed by atoms with E-state index in [4.69, 9.17) is 5.73 Å². The van der Waals surface area contributed by atoms with Crippen LogP contribution in [0.3, 0.4) is 0 Å². The Hall–Kier alpha value is -3.01. The van der Waals surface area contributed by atoms with E-state index in [1.54, 1.807) is 18.2 Å². The molecule has 4 heteroatoms. The van der Waals surface area contributed by atoms with Gasteiger partial charge in [-0.15, -0.1) is 0 Å². The van der Waals surface area contributed by atoms with Gasteiger partial charge < -0.3 is 5.73 Å². The molecule has 0 radical (unpaired) electrons. The van der Waals surface area contributed by atoms with Crippen LogP contribution >= 0.6 is 0 Å². The van der Waals surface area contributed by atoms with Gasteiger partial charge in [0, 0.05) is 18.1 Å². The number of nitrogens with zero attached hydrogens (tertiary/aromatic N) is 1. The van der Waals surface area contributed by atoms with Crippen molar-refractivity contribution < 1.29 is 13.8 Å². The number of hydrogen-bond acceptors (Lipinski definition) is 2. The van der Waals surface area contributed by atoms with Crippen molar-refractivity contribution in [2.45, 2.75) is 12.8 Å². The van der Waals surface area contributed by atoms with Gasteiger partial charge in [0.1, 0.15) is 18.4 Å². The van der Waals surface area contributed by atoms with Crippen molar-refractivity contribution in [3.63, 3.8) is 0 Å². The Morgan fingerprint density at radius 2 is 1.92 bits per heavy atom. The Morgan fingerprint density at radius 1 is 1.12 bits per heavy atom. The first-order valence-electron chi connectivity index (χ1n) is 8.26. The smallest absolute Gasteiger partial charge is 0.214 e. The highest BCUT2D eigenvalue weighted by Gasteiger charge is 2.32. The van der Waals surface area contributed by atoms with Crippen molar-refractivity contribution in [2.75, 3.05) is 5.73 Å². The van der Waals surface area contributed by atoms with Crippen LogP contribution in [-0.2, 0) is 13.5 Å². The van der Waals surface area contributed by atoms with Crippen LogP contribution in [0.1, 0.15) is 28.0 Å². The number of pyridine rings is 1. The maximum atomic E-state index is 13.4. The molecule has 1 aliphatic carbocycles. The summed E-state index contributed by atoms with van der Waals surface area (Å²) in [5, 5.41) is 0.879. The second kappa shape index (κ2) is 5.81. The zero-order chi connectivity index (χ0) is 17.6. The molecule has 3 nitrogen and oxygen atoms in total. The van der Waals surface area contributed by atoms with Crippen molar-refractivity contribution in [2.24, 2.45) is 7.05 Å². The van der Waals surface area contributed by atoms with E-state index in [0.717, 1.165) is 23.0 Å². The predicted octanol–water partition coefficient (Wildman–Crippen LogP) is 3.60. The highest BCUT2D eigenvalue weighted by atomic mass is 19.1. The number of anilines is 1. The number of benzene rings is 2. The lowest BCUT2D eigenvalue weighted by molar-refractivity contribution is -0.653. The summed E-state index contributed by atoms with van der Waals surface area (Å²) in [5.41, 5.74) is 10.8. The highest BCUT2D eigenvalue weighted by molar-refractivity contribution is 6.18. The van der Waals surface area contributed by atoms with Crippen LogP contribution in [-0.4, -0.2) is 5.78 Å². The second-order valence-corrected chi connectivity index (χ2v) is 6.37. The summed E-state index contributed by atoms with van der Waals surface area (Å²) in [6, 6.07) is 14.1. The second-order valence-electron chi connectivity index (χ2n) is 6.37. The molecule has 1 aliphatic rings. The first kappa shape index (κ1) is 15.5. The Bertz CT molecular complexity index is 1050. The molecule has 124 valence electrons. The van der Waals surface area contributed by atoms with E-state index < -0.39 is 0 Å². The van der Waals surface area contributed by atoms with Crippen molar-refractivity contribution in [1.29, 1.82) is 0 Å². The van der Waals surface area contributed by atoms with Crippen LogP contribution < -0.4 is 10.3 Å². The van der Waals surface area contributed by atoms with Gasteiger partial charge in [0.05, 0.1) is 11.1 Å². The summed E-state index contributed by atoms with van der Waals surface area (Å²) in [4.78, 5) is 13.1. The quantitative estimate of drug-likeness (QED) is 0.546. The fraction of sp³-hybridized carbons (Fsp3) is 0.143. The van der Waals surface area contributed by atoms with E-state index in [-0.39, 0.29) is 11.6 Å². The fourth-order valence-electron chi connectivity index (χ4n) is 3.61. The number of aromatic nitrogens is 1. The first-order valence-corrected chi connectivity index (χ1v) is 8.26. The SMILES string of the molecule is C[n+]1c2c(c(N)c3ccccc31)C(=O)/C(=C/c1cccc(F)c1)CC2. The number of hydrogen-bond donors (Lipinski definition) is 1. The summed E-state index contributed by atoms with van der Waals surface area (Å²) in [6.45, 7) is 0. The maximum absolute atomic E-state index is 13.4. The molecule has 2 aromatic carbocycles. The molecule has 1 aromatic heterocycles. The molecule has 0 aliphatic heterocycles. The number of aryl methyl sites for hydroxylation is 1. The summed E-state index contributed by atoms with van der Waals surface area (Å²) in [7, 11) is 1.97. The van der Waals surface area contributed by atoms with Gasteiger partial charge in [-0.25, -0.2) is 4.39 Å². The lowest BCUT2D eigenvalue weighted by Gasteiger charge is -2.18. The Kier molecular flexibility index (Phi) is 3.61. The number of fused-ring (bicyclic) bond motifs is 2. The van der Waals surface area contributed by atoms with Crippen LogP contribution in [0.15, 0.2) is 54.1 Å². The molecule has 3 aromatic rings. The van der Waals surface area contributed by atoms with Gasteiger partial charge in [0.2, 0.25) is 5.52 Å². The van der Waals surface area contributed by atoms with E-state index in [2.05, 4.69) is 4.57 Å². The Labute approximate surface area is 145 Å². The van der Waals surface area contributed by atoms with E-state index in [1.165, 1.54) is 12.1 Å². The van der Waals surface area contributed by atoms with E-state index in [9.17, 15) is 9.18 Å². The lowest BCUT2D eigenvalue weighted by atomic mass is 9.86. The highest BCUT2D eigenvalue weighted by Crippen LogP contribution is 2.32. The van der Waals surface area contributed by atoms with Crippen LogP contribution in [0.5, 0.6) is 0 Å². The minimum atomic E-state index is -0.310. The molecule has 0 fully saturated rings. The summed E-state index contributed by atoms with van der Waals surface area (Å²) in [6.07, 6.45) is 3.12. The lowest BCUT2D eigenvalue weighted by Crippen LogP contribution is -2.39. The monoisotopic (exact) mass is 333 g/mol. The minimum Gasteiger partial charge on any atom is -0.397 e. The Morgan fingerprint density at radius 3 is 2.72 bits per heavy atom. The molecule has 0 spiro atoms. The third-order valence-corrected chi connectivity index (χ3v) is 4.86. The largest absolute Gasteiger partial charge is 0.397 e. The summed E-state index contributed by atoms with van der Waals surface area (Å²) < 4.78 is 15.5. The molecule has 0 saturated heterocycles. The number of para-hydroxylation sites is 1. The van der Waals surface area contributed by atoms with Crippen molar-refractivity contribution in [3.05, 3.63) is 76.7 Å². The van der Waals surface area contributed by atoms with Gasteiger partial charge in [-0.1, -0.05) is 24.3 Å². The topological polar surface area (TPSA) is 47.0 Å². The van der Waals surface area contributed by atoms with E-state index in [0.29, 0.717) is 28.8 Å². The molecule has 0 bridgehead atoms. The molecule has 0 amide bonds. The standard InChI is InChI=1S/C21H17FN2O/c1-24-17-8-3-2-7-16(17)20(23)19-18(24)10-9-14(21(19)25)11-13-5-4-6-15(22)12-13/h2-8,11-12,23H,9-10H2,1H3/p+1/b14-11+. The van der Waals surface area contributed by atoms with Crippen LogP contribution in [0.25, 0.3) is 17.0 Å². The van der Waals surface area contributed by atoms with Crippen LogP contribution in [0.2, 0.25) is 0 Å². The molecule has 0 unspecified atom stereocenters. The van der Waals surface area contributed by atoms with E-state index in [1.807, 2.05) is 31.3 Å². The van der Waals surface area contributed by atoms with Gasteiger partial charge in [-0.2, -0.15) is 4.57 Å². The van der Waals surface area contributed by atoms with Crippen LogP contribution in [0.4, 0.5) is 10.1 Å². The first-order chi connectivity index (χ1) is 12.1. The number of carbonyl (C=O) groups is 1. The number of ketones is 1. The Balaban J connectivity index is 1.88. The summed E-state index contributed by atoms with van der Waals surface area (Å²) >= 11 is 0. The molecular formula is C21H18FN2O+. The van der Waals surface area contributed by atoms with Crippen LogP contribution in [0, 0.1) is 5.82 Å². The molecular weight excluding hydrogens is 315 g/mol. The zero-order valence-corrected chi connectivity index (χ0v) is 13.9. The van der Waals surface area contributed by atoms with Gasteiger partial charge in [-0.05, 0) is 36.3 Å². The molecule has 1 heterocycles. The number of rotatable bonds is 1. The molecule has 25 heavy (non-hydrogen) atoms. The normalized spacial score (nSPS) is 15.6. The third kappa shape index (κ3) is 2.50. The van der Waals surface area contributed by atoms with E-state index >= 15 is 0 Å². The van der Waals surface area contributed by atoms with Crippen molar-refractivity contribution in [1.82, 2.24) is 0 Å². The van der Waals surface area contributed by atoms with Gasteiger partial charge >= 0.3 is 0 Å². The third-order valence-electron chi connectivity index (χ3n) is 4.86. The number of nitrogen functional groups attached to an aromatic ring is 1. The fourth-order valence-corrected chi connectivity index (χ4v) is 3.61. The number of allylic oxidation sites excluding steroid dienone is 1. The van der Waals surface area contributed by atoms with Gasteiger partial charge in [-0.3, -0.25) is 4.79 Å². The summed E-state index contributed by atoms with van der Waals surface area (Å²) in [5.74, 6) is -0.376. The number of halogens is 1. The maximum Gasteiger partial charge on any atom is 0.214 e. The van der Waals surface area contributed by atoms with Crippen molar-refractivity contribution in [3.8, 4) is 0 Å².